The van der Waals surface area contributed by atoms with Crippen molar-refractivity contribution in [3.05, 3.63) is 41.7 Å². The minimum absolute atomic E-state index is 0.578. The van der Waals surface area contributed by atoms with Gasteiger partial charge in [-0.15, -0.1) is 6.58 Å². The standard InChI is InChI=1S/C15H24N2O/c1-4-9-16-11-14-6-5-7-15(17-14)12-18-10-8-13(2)3/h5-7,16H,2,4,8-12H2,1,3H3. The lowest BCUT2D eigenvalue weighted by Gasteiger charge is -2.06. The minimum atomic E-state index is 0.578. The fourth-order valence-electron chi connectivity index (χ4n) is 1.52. The second-order valence-corrected chi connectivity index (χ2v) is 4.56. The maximum atomic E-state index is 5.57. The van der Waals surface area contributed by atoms with E-state index in [2.05, 4.69) is 23.8 Å². The van der Waals surface area contributed by atoms with Gasteiger partial charge in [-0.1, -0.05) is 18.6 Å². The van der Waals surface area contributed by atoms with Gasteiger partial charge in [-0.25, -0.2) is 0 Å². The maximum absolute atomic E-state index is 5.57. The first-order valence-corrected chi connectivity index (χ1v) is 6.60. The van der Waals surface area contributed by atoms with E-state index in [0.717, 1.165) is 49.5 Å². The van der Waals surface area contributed by atoms with Crippen molar-refractivity contribution in [1.82, 2.24) is 10.3 Å². The van der Waals surface area contributed by atoms with Gasteiger partial charge in [-0.3, -0.25) is 4.98 Å². The van der Waals surface area contributed by atoms with E-state index in [1.165, 1.54) is 0 Å². The third-order valence-electron chi connectivity index (χ3n) is 2.52. The SMILES string of the molecule is C=C(C)CCOCc1cccc(CNCCC)n1. The Morgan fingerprint density at radius 1 is 1.39 bits per heavy atom. The van der Waals surface area contributed by atoms with Crippen molar-refractivity contribution in [1.29, 1.82) is 0 Å². The van der Waals surface area contributed by atoms with Crippen molar-refractivity contribution < 1.29 is 4.74 Å². The lowest BCUT2D eigenvalue weighted by Crippen LogP contribution is -2.15. The molecule has 0 aliphatic rings. The number of pyridine rings is 1. The van der Waals surface area contributed by atoms with E-state index in [0.29, 0.717) is 6.61 Å². The smallest absolute Gasteiger partial charge is 0.0888 e. The zero-order chi connectivity index (χ0) is 13.2. The molecular weight excluding hydrogens is 224 g/mol. The molecular formula is C15H24N2O. The molecule has 0 saturated carbocycles. The molecule has 1 aromatic heterocycles. The Kier molecular flexibility index (Phi) is 7.30. The van der Waals surface area contributed by atoms with Crippen LogP contribution in [0.5, 0.6) is 0 Å². The van der Waals surface area contributed by atoms with Gasteiger partial charge in [0.1, 0.15) is 0 Å². The zero-order valence-electron chi connectivity index (χ0n) is 11.5. The number of hydrogen-bond acceptors (Lipinski definition) is 3. The van der Waals surface area contributed by atoms with Crippen LogP contribution in [0.15, 0.2) is 30.4 Å². The van der Waals surface area contributed by atoms with E-state index < -0.39 is 0 Å². The average Bonchev–Trinajstić information content (AvgIpc) is 2.35. The van der Waals surface area contributed by atoms with Crippen LogP contribution in [-0.4, -0.2) is 18.1 Å². The highest BCUT2D eigenvalue weighted by Crippen LogP contribution is 2.03. The van der Waals surface area contributed by atoms with Gasteiger partial charge >= 0.3 is 0 Å². The molecule has 3 heteroatoms. The summed E-state index contributed by atoms with van der Waals surface area (Å²) >= 11 is 0. The normalized spacial score (nSPS) is 10.6. The molecule has 1 heterocycles. The van der Waals surface area contributed by atoms with Gasteiger partial charge in [0, 0.05) is 6.54 Å². The molecule has 0 bridgehead atoms. The summed E-state index contributed by atoms with van der Waals surface area (Å²) in [6.45, 7) is 11.2. The third-order valence-corrected chi connectivity index (χ3v) is 2.52. The van der Waals surface area contributed by atoms with Crippen molar-refractivity contribution in [2.75, 3.05) is 13.2 Å². The molecule has 0 saturated heterocycles. The molecule has 0 aromatic carbocycles. The molecule has 0 amide bonds. The van der Waals surface area contributed by atoms with Crippen LogP contribution >= 0.6 is 0 Å². The van der Waals surface area contributed by atoms with E-state index in [9.17, 15) is 0 Å². The maximum Gasteiger partial charge on any atom is 0.0888 e. The summed E-state index contributed by atoms with van der Waals surface area (Å²) in [6, 6.07) is 6.08. The third kappa shape index (κ3) is 6.52. The number of hydrogen-bond donors (Lipinski definition) is 1. The average molecular weight is 248 g/mol. The first-order chi connectivity index (χ1) is 8.72. The molecule has 0 spiro atoms. The Balaban J connectivity index is 2.32. The second-order valence-electron chi connectivity index (χ2n) is 4.56. The van der Waals surface area contributed by atoms with E-state index in [-0.39, 0.29) is 0 Å². The highest BCUT2D eigenvalue weighted by molar-refractivity contribution is 5.10. The van der Waals surface area contributed by atoms with Gasteiger partial charge in [-0.05, 0) is 38.4 Å². The molecule has 0 atom stereocenters. The molecule has 0 unspecified atom stereocenters. The van der Waals surface area contributed by atoms with E-state index in [1.807, 2.05) is 25.1 Å². The molecule has 0 aliphatic carbocycles. The number of nitrogens with zero attached hydrogens (tertiary/aromatic N) is 1. The summed E-state index contributed by atoms with van der Waals surface area (Å²) in [6.07, 6.45) is 2.06. The van der Waals surface area contributed by atoms with Crippen molar-refractivity contribution in [2.45, 2.75) is 39.8 Å². The van der Waals surface area contributed by atoms with Crippen molar-refractivity contribution in [3.63, 3.8) is 0 Å². The quantitative estimate of drug-likeness (QED) is 0.539. The largest absolute Gasteiger partial charge is 0.375 e. The topological polar surface area (TPSA) is 34.1 Å². The van der Waals surface area contributed by atoms with Crippen LogP contribution in [0.1, 0.15) is 38.1 Å². The second kappa shape index (κ2) is 8.84. The Morgan fingerprint density at radius 2 is 2.17 bits per heavy atom. The summed E-state index contributed by atoms with van der Waals surface area (Å²) in [5, 5.41) is 3.35. The molecule has 1 rings (SSSR count). The predicted octanol–water partition coefficient (Wildman–Crippen LogP) is 3.06. The number of rotatable bonds is 9. The van der Waals surface area contributed by atoms with Crippen LogP contribution in [0.2, 0.25) is 0 Å². The molecule has 0 aliphatic heterocycles. The molecule has 100 valence electrons. The van der Waals surface area contributed by atoms with Crippen LogP contribution in [0, 0.1) is 0 Å². The monoisotopic (exact) mass is 248 g/mol. The first-order valence-electron chi connectivity index (χ1n) is 6.60. The molecule has 0 fully saturated rings. The number of aromatic nitrogens is 1. The molecule has 18 heavy (non-hydrogen) atoms. The number of ether oxygens (including phenoxy) is 1. The van der Waals surface area contributed by atoms with Crippen molar-refractivity contribution in [2.24, 2.45) is 0 Å². The summed E-state index contributed by atoms with van der Waals surface area (Å²) in [4.78, 5) is 4.55. The lowest BCUT2D eigenvalue weighted by molar-refractivity contribution is 0.121. The molecule has 3 nitrogen and oxygen atoms in total. The van der Waals surface area contributed by atoms with Crippen LogP contribution < -0.4 is 5.32 Å². The molecule has 0 radical (unpaired) electrons. The zero-order valence-corrected chi connectivity index (χ0v) is 11.5. The Labute approximate surface area is 110 Å². The van der Waals surface area contributed by atoms with E-state index in [4.69, 9.17) is 4.74 Å². The predicted molar refractivity (Wildman–Crippen MR) is 75.3 cm³/mol. The summed E-state index contributed by atoms with van der Waals surface area (Å²) in [5.74, 6) is 0. The first kappa shape index (κ1) is 14.9. The minimum Gasteiger partial charge on any atom is -0.375 e. The van der Waals surface area contributed by atoms with Crippen LogP contribution in [0.4, 0.5) is 0 Å². The summed E-state index contributed by atoms with van der Waals surface area (Å²) in [5.41, 5.74) is 3.22. The number of nitrogens with one attached hydrogen (secondary N) is 1. The Morgan fingerprint density at radius 3 is 2.89 bits per heavy atom. The van der Waals surface area contributed by atoms with Gasteiger partial charge in [0.2, 0.25) is 0 Å². The van der Waals surface area contributed by atoms with Gasteiger partial charge in [0.25, 0.3) is 0 Å². The van der Waals surface area contributed by atoms with Crippen molar-refractivity contribution >= 4 is 0 Å². The van der Waals surface area contributed by atoms with Crippen LogP contribution in [0.25, 0.3) is 0 Å². The van der Waals surface area contributed by atoms with Crippen molar-refractivity contribution in [3.8, 4) is 0 Å². The molecule has 1 aromatic rings. The fourth-order valence-corrected chi connectivity index (χ4v) is 1.52. The Hall–Kier alpha value is -1.19. The summed E-state index contributed by atoms with van der Waals surface area (Å²) in [7, 11) is 0. The van der Waals surface area contributed by atoms with E-state index in [1.54, 1.807) is 0 Å². The van der Waals surface area contributed by atoms with Gasteiger partial charge in [-0.2, -0.15) is 0 Å². The van der Waals surface area contributed by atoms with Gasteiger partial charge in [0.05, 0.1) is 24.6 Å². The fraction of sp³-hybridized carbons (Fsp3) is 0.533. The van der Waals surface area contributed by atoms with Gasteiger partial charge in [0.15, 0.2) is 0 Å². The lowest BCUT2D eigenvalue weighted by atomic mass is 10.2. The Bertz CT molecular complexity index is 363. The van der Waals surface area contributed by atoms with Crippen LogP contribution in [-0.2, 0) is 17.9 Å². The highest BCUT2D eigenvalue weighted by atomic mass is 16.5. The summed E-state index contributed by atoms with van der Waals surface area (Å²) < 4.78 is 5.57. The highest BCUT2D eigenvalue weighted by Gasteiger charge is 1.98. The van der Waals surface area contributed by atoms with Crippen LogP contribution in [0.3, 0.4) is 0 Å². The molecule has 1 N–H and O–H groups in total. The van der Waals surface area contributed by atoms with E-state index >= 15 is 0 Å². The van der Waals surface area contributed by atoms with Gasteiger partial charge < -0.3 is 10.1 Å².